The molecule has 0 bridgehead atoms. The topological polar surface area (TPSA) is 75.7 Å². The second-order valence-corrected chi connectivity index (χ2v) is 7.41. The van der Waals surface area contributed by atoms with Gasteiger partial charge in [-0.15, -0.1) is 0 Å². The highest BCUT2D eigenvalue weighted by molar-refractivity contribution is 9.10. The number of hydrogen-bond acceptors (Lipinski definition) is 4. The normalized spacial score (nSPS) is 15.8. The number of barbiturate groups is 1. The van der Waals surface area contributed by atoms with E-state index in [1.54, 1.807) is 31.2 Å². The van der Waals surface area contributed by atoms with Gasteiger partial charge < -0.3 is 4.74 Å². The second kappa shape index (κ2) is 8.34. The first kappa shape index (κ1) is 20.4. The van der Waals surface area contributed by atoms with Gasteiger partial charge in [-0.3, -0.25) is 14.9 Å². The van der Waals surface area contributed by atoms with Crippen molar-refractivity contribution in [3.05, 3.63) is 62.1 Å². The molecule has 0 atom stereocenters. The van der Waals surface area contributed by atoms with Crippen LogP contribution in [0, 0.1) is 0 Å². The minimum Gasteiger partial charge on any atom is -0.491 e. The summed E-state index contributed by atoms with van der Waals surface area (Å²) in [5.41, 5.74) is 0.509. The summed E-state index contributed by atoms with van der Waals surface area (Å²) in [5, 5.41) is 2.64. The highest BCUT2D eigenvalue weighted by atomic mass is 79.9. The average molecular weight is 484 g/mol. The van der Waals surface area contributed by atoms with Crippen LogP contribution in [0.1, 0.15) is 12.5 Å². The lowest BCUT2D eigenvalue weighted by Crippen LogP contribution is -2.54. The molecule has 0 spiro atoms. The predicted octanol–water partition coefficient (Wildman–Crippen LogP) is 4.82. The number of nitrogens with zero attached hydrogens (tertiary/aromatic N) is 1. The van der Waals surface area contributed by atoms with Crippen molar-refractivity contribution in [3.63, 3.8) is 0 Å². The van der Waals surface area contributed by atoms with Gasteiger partial charge in [0.2, 0.25) is 0 Å². The number of ether oxygens (including phenoxy) is 1. The summed E-state index contributed by atoms with van der Waals surface area (Å²) in [6.45, 7) is 2.17. The highest BCUT2D eigenvalue weighted by Crippen LogP contribution is 2.35. The zero-order chi connectivity index (χ0) is 20.4. The van der Waals surface area contributed by atoms with Gasteiger partial charge in [-0.25, -0.2) is 9.69 Å². The van der Waals surface area contributed by atoms with Crippen LogP contribution in [-0.2, 0) is 9.59 Å². The predicted molar refractivity (Wildman–Crippen MR) is 111 cm³/mol. The van der Waals surface area contributed by atoms with Crippen molar-refractivity contribution >= 4 is 68.7 Å². The van der Waals surface area contributed by atoms with Gasteiger partial charge >= 0.3 is 6.03 Å². The molecule has 28 heavy (non-hydrogen) atoms. The number of benzene rings is 2. The lowest BCUT2D eigenvalue weighted by molar-refractivity contribution is -0.122. The van der Waals surface area contributed by atoms with E-state index in [-0.39, 0.29) is 15.6 Å². The second-order valence-electron chi connectivity index (χ2n) is 5.68. The van der Waals surface area contributed by atoms with Gasteiger partial charge in [0, 0.05) is 4.47 Å². The zero-order valence-corrected chi connectivity index (χ0v) is 17.6. The maximum atomic E-state index is 12.9. The Morgan fingerprint density at radius 1 is 1.14 bits per heavy atom. The maximum Gasteiger partial charge on any atom is 0.335 e. The first-order valence-corrected chi connectivity index (χ1v) is 9.65. The first-order chi connectivity index (χ1) is 13.3. The molecule has 1 N–H and O–H groups in total. The third-order valence-electron chi connectivity index (χ3n) is 3.79. The van der Waals surface area contributed by atoms with Crippen LogP contribution in [0.3, 0.4) is 0 Å². The number of rotatable bonds is 4. The smallest absolute Gasteiger partial charge is 0.335 e. The molecule has 0 unspecified atom stereocenters. The van der Waals surface area contributed by atoms with Crippen molar-refractivity contribution in [2.24, 2.45) is 0 Å². The van der Waals surface area contributed by atoms with Crippen molar-refractivity contribution in [2.75, 3.05) is 11.5 Å². The van der Waals surface area contributed by atoms with Gasteiger partial charge in [-0.1, -0.05) is 45.2 Å². The van der Waals surface area contributed by atoms with Gasteiger partial charge in [0.15, 0.2) is 5.75 Å². The van der Waals surface area contributed by atoms with Crippen molar-refractivity contribution in [1.82, 2.24) is 5.32 Å². The largest absolute Gasteiger partial charge is 0.491 e. The molecule has 1 fully saturated rings. The third kappa shape index (κ3) is 4.06. The number of carbonyl (C=O) groups excluding carboxylic acids is 3. The first-order valence-electron chi connectivity index (χ1n) is 8.10. The zero-order valence-electron chi connectivity index (χ0n) is 14.5. The Morgan fingerprint density at radius 2 is 1.82 bits per heavy atom. The number of hydrogen-bond donors (Lipinski definition) is 1. The van der Waals surface area contributed by atoms with E-state index < -0.39 is 17.8 Å². The number of nitrogens with one attached hydrogen (secondary N) is 1. The van der Waals surface area contributed by atoms with Crippen LogP contribution in [-0.4, -0.2) is 24.5 Å². The van der Waals surface area contributed by atoms with Crippen LogP contribution in [0.15, 0.2) is 46.4 Å². The fourth-order valence-electron chi connectivity index (χ4n) is 2.62. The molecule has 2 aromatic rings. The van der Waals surface area contributed by atoms with E-state index in [1.807, 2.05) is 0 Å². The third-order valence-corrected chi connectivity index (χ3v) is 4.84. The average Bonchev–Trinajstić information content (AvgIpc) is 2.61. The molecule has 2 aromatic carbocycles. The molecule has 0 radical (unpaired) electrons. The molecule has 0 aromatic heterocycles. The van der Waals surface area contributed by atoms with E-state index >= 15 is 0 Å². The molecule has 1 aliphatic rings. The van der Waals surface area contributed by atoms with Crippen molar-refractivity contribution in [3.8, 4) is 5.75 Å². The van der Waals surface area contributed by atoms with Gasteiger partial charge in [0.25, 0.3) is 11.8 Å². The van der Waals surface area contributed by atoms with Crippen LogP contribution >= 0.6 is 39.1 Å². The standard InChI is InChI=1S/C19H13BrCl2N2O4/c1-2-28-16-14(21)7-10(8-15(16)22)6-13-17(25)23-19(27)24(18(13)26)12-5-3-4-11(20)9-12/h3-9H,2H2,1H3,(H,23,25,27). The Morgan fingerprint density at radius 3 is 2.43 bits per heavy atom. The number of imide groups is 2. The quantitative estimate of drug-likeness (QED) is 0.499. The summed E-state index contributed by atoms with van der Waals surface area (Å²) >= 11 is 15.6. The van der Waals surface area contributed by atoms with E-state index in [2.05, 4.69) is 21.2 Å². The van der Waals surface area contributed by atoms with E-state index in [0.717, 1.165) is 4.90 Å². The number of halogens is 3. The van der Waals surface area contributed by atoms with Crippen LogP contribution in [0.25, 0.3) is 6.08 Å². The molecule has 3 rings (SSSR count). The molecule has 4 amide bonds. The Balaban J connectivity index is 2.02. The van der Waals surface area contributed by atoms with E-state index in [1.165, 1.54) is 18.2 Å². The maximum absolute atomic E-state index is 12.9. The van der Waals surface area contributed by atoms with Gasteiger partial charge in [-0.05, 0) is 48.9 Å². The van der Waals surface area contributed by atoms with Crippen molar-refractivity contribution < 1.29 is 19.1 Å². The van der Waals surface area contributed by atoms with E-state index in [0.29, 0.717) is 28.1 Å². The summed E-state index contributed by atoms with van der Waals surface area (Å²) in [7, 11) is 0. The molecular weight excluding hydrogens is 471 g/mol. The van der Waals surface area contributed by atoms with Gasteiger partial charge in [0.05, 0.1) is 22.3 Å². The molecule has 0 saturated carbocycles. The summed E-state index contributed by atoms with van der Waals surface area (Å²) < 4.78 is 6.05. The van der Waals surface area contributed by atoms with Crippen LogP contribution < -0.4 is 15.0 Å². The SMILES string of the molecule is CCOc1c(Cl)cc(C=C2C(=O)NC(=O)N(c3cccc(Br)c3)C2=O)cc1Cl. The molecular formula is C19H13BrCl2N2O4. The molecule has 144 valence electrons. The van der Waals surface area contributed by atoms with Crippen molar-refractivity contribution in [2.45, 2.75) is 6.92 Å². The summed E-state index contributed by atoms with van der Waals surface area (Å²) in [4.78, 5) is 38.2. The monoisotopic (exact) mass is 482 g/mol. The molecule has 1 aliphatic heterocycles. The van der Waals surface area contributed by atoms with Crippen LogP contribution in [0.2, 0.25) is 10.0 Å². The molecule has 6 nitrogen and oxygen atoms in total. The Labute approximate surface area is 179 Å². The number of urea groups is 1. The highest BCUT2D eigenvalue weighted by Gasteiger charge is 2.36. The number of amides is 4. The fraction of sp³-hybridized carbons (Fsp3) is 0.105. The van der Waals surface area contributed by atoms with Crippen LogP contribution in [0.5, 0.6) is 5.75 Å². The minimum absolute atomic E-state index is 0.226. The van der Waals surface area contributed by atoms with E-state index in [9.17, 15) is 14.4 Å². The number of carbonyl (C=O) groups is 3. The molecule has 1 heterocycles. The lowest BCUT2D eigenvalue weighted by Gasteiger charge is -2.26. The van der Waals surface area contributed by atoms with Crippen molar-refractivity contribution in [1.29, 1.82) is 0 Å². The number of anilines is 1. The Kier molecular flexibility index (Phi) is 6.07. The molecule has 0 aliphatic carbocycles. The molecule has 1 saturated heterocycles. The van der Waals surface area contributed by atoms with Crippen LogP contribution in [0.4, 0.5) is 10.5 Å². The fourth-order valence-corrected chi connectivity index (χ4v) is 3.62. The van der Waals surface area contributed by atoms with E-state index in [4.69, 9.17) is 27.9 Å². The lowest BCUT2D eigenvalue weighted by atomic mass is 10.1. The minimum atomic E-state index is -0.826. The Hall–Kier alpha value is -2.35. The molecule has 9 heteroatoms. The summed E-state index contributed by atoms with van der Waals surface area (Å²) in [5.74, 6) is -1.24. The van der Waals surface area contributed by atoms with Gasteiger partial charge in [0.1, 0.15) is 5.57 Å². The Bertz CT molecular complexity index is 1000. The summed E-state index contributed by atoms with van der Waals surface area (Å²) in [6.07, 6.45) is 1.32. The summed E-state index contributed by atoms with van der Waals surface area (Å²) in [6, 6.07) is 8.81. The van der Waals surface area contributed by atoms with Gasteiger partial charge in [-0.2, -0.15) is 0 Å².